The Hall–Kier alpha value is -3.69. The summed E-state index contributed by atoms with van der Waals surface area (Å²) >= 11 is 0. The summed E-state index contributed by atoms with van der Waals surface area (Å²) in [5.41, 5.74) is 1.36. The van der Waals surface area contributed by atoms with Crippen LogP contribution >= 0.6 is 0 Å². The number of morpholine rings is 1. The number of piperidine rings is 1. The first kappa shape index (κ1) is 31.7. The van der Waals surface area contributed by atoms with E-state index in [0.717, 1.165) is 47.3 Å². The van der Waals surface area contributed by atoms with E-state index in [4.69, 9.17) is 9.47 Å². The maximum Gasteiger partial charge on any atom is 0.309 e. The number of ether oxygens (including phenoxy) is 2. The third kappa shape index (κ3) is 7.16. The maximum atomic E-state index is 13.5. The summed E-state index contributed by atoms with van der Waals surface area (Å²) in [7, 11) is 1.58. The third-order valence-electron chi connectivity index (χ3n) is 8.71. The fraction of sp³-hybridized carbons (Fsp3) is 0.455. The van der Waals surface area contributed by atoms with Crippen molar-refractivity contribution in [2.45, 2.75) is 38.3 Å². The quantitative estimate of drug-likeness (QED) is 0.270. The monoisotopic (exact) mass is 611 g/mol. The highest BCUT2D eigenvalue weighted by atomic mass is 19.2. The molecule has 2 aromatic carbocycles. The zero-order chi connectivity index (χ0) is 31.3. The summed E-state index contributed by atoms with van der Waals surface area (Å²) in [4.78, 5) is 21.4. The zero-order valence-corrected chi connectivity index (χ0v) is 24.6. The van der Waals surface area contributed by atoms with E-state index in [2.05, 4.69) is 21.7 Å². The Bertz CT molecular complexity index is 1540. The molecule has 2 aliphatic rings. The number of carboxylic acids is 1. The van der Waals surface area contributed by atoms with Crippen LogP contribution in [0.2, 0.25) is 0 Å². The molecule has 0 unspecified atom stereocenters. The van der Waals surface area contributed by atoms with Crippen molar-refractivity contribution >= 4 is 16.9 Å². The third-order valence-corrected chi connectivity index (χ3v) is 8.71. The number of fused-ring (bicyclic) bond motifs is 1. The molecule has 0 aliphatic carbocycles. The standard InChI is InChI=1S/C33H36F3N3O5/c1-43-24-4-5-28-25(19-24)30(23(20-37-28)21-39-13-15-44-16-14-39)29(40)6-7-33(32(41)42)8-11-38(12-9-33)10-2-3-22-17-26(34)31(36)27(35)18-22/h4-5,17-20,29,40H,6-16,21H2,1H3,(H,41,42)/t29-/m1/s1. The van der Waals surface area contributed by atoms with Gasteiger partial charge in [0.25, 0.3) is 0 Å². The van der Waals surface area contributed by atoms with Gasteiger partial charge >= 0.3 is 5.97 Å². The van der Waals surface area contributed by atoms with Crippen molar-refractivity contribution in [3.05, 3.63) is 70.7 Å². The largest absolute Gasteiger partial charge is 0.497 e. The molecule has 1 aromatic heterocycles. The van der Waals surface area contributed by atoms with Crippen LogP contribution in [0.4, 0.5) is 13.2 Å². The number of hydrogen-bond donors (Lipinski definition) is 2. The predicted molar refractivity (Wildman–Crippen MR) is 158 cm³/mol. The molecule has 0 spiro atoms. The highest BCUT2D eigenvalue weighted by Gasteiger charge is 2.41. The molecule has 2 saturated heterocycles. The number of aliphatic carboxylic acids is 1. The van der Waals surface area contributed by atoms with Crippen LogP contribution < -0.4 is 4.74 Å². The van der Waals surface area contributed by atoms with Crippen molar-refractivity contribution in [2.75, 3.05) is 53.0 Å². The molecule has 0 amide bonds. The number of aromatic nitrogens is 1. The molecular formula is C33H36F3N3O5. The van der Waals surface area contributed by atoms with E-state index in [0.29, 0.717) is 51.4 Å². The van der Waals surface area contributed by atoms with Crippen molar-refractivity contribution in [3.8, 4) is 17.6 Å². The van der Waals surface area contributed by atoms with Gasteiger partial charge in [-0.15, -0.1) is 0 Å². The lowest BCUT2D eigenvalue weighted by Gasteiger charge is -2.38. The fourth-order valence-corrected chi connectivity index (χ4v) is 6.03. The highest BCUT2D eigenvalue weighted by Crippen LogP contribution is 2.40. The zero-order valence-electron chi connectivity index (χ0n) is 24.6. The van der Waals surface area contributed by atoms with Crippen molar-refractivity contribution < 1.29 is 37.7 Å². The van der Waals surface area contributed by atoms with E-state index >= 15 is 0 Å². The molecule has 2 N–H and O–H groups in total. The number of aliphatic hydroxyl groups excluding tert-OH is 1. The lowest BCUT2D eigenvalue weighted by molar-refractivity contribution is -0.153. The minimum absolute atomic E-state index is 0.0292. The smallest absolute Gasteiger partial charge is 0.309 e. The lowest BCUT2D eigenvalue weighted by Crippen LogP contribution is -2.44. The van der Waals surface area contributed by atoms with Gasteiger partial charge in [-0.3, -0.25) is 19.6 Å². The molecule has 11 heteroatoms. The first-order valence-corrected chi connectivity index (χ1v) is 14.7. The molecule has 1 atom stereocenters. The minimum Gasteiger partial charge on any atom is -0.497 e. The van der Waals surface area contributed by atoms with E-state index in [1.807, 2.05) is 23.1 Å². The number of likely N-dealkylation sites (tertiary alicyclic amines) is 1. The average molecular weight is 612 g/mol. The van der Waals surface area contributed by atoms with Crippen molar-refractivity contribution in [2.24, 2.45) is 5.41 Å². The van der Waals surface area contributed by atoms with Crippen molar-refractivity contribution in [1.82, 2.24) is 14.8 Å². The SMILES string of the molecule is COc1ccc2ncc(CN3CCOCC3)c([C@H](O)CCC3(C(=O)O)CCN(CC#Cc4cc(F)c(F)c(F)c4)CC3)c2c1. The Morgan fingerprint density at radius 2 is 1.80 bits per heavy atom. The number of benzene rings is 2. The second-order valence-electron chi connectivity index (χ2n) is 11.4. The van der Waals surface area contributed by atoms with Gasteiger partial charge in [-0.05, 0) is 67.1 Å². The van der Waals surface area contributed by atoms with Gasteiger partial charge in [0, 0.05) is 49.9 Å². The summed E-state index contributed by atoms with van der Waals surface area (Å²) in [5, 5.41) is 22.7. The van der Waals surface area contributed by atoms with Gasteiger partial charge in [-0.25, -0.2) is 13.2 Å². The van der Waals surface area contributed by atoms with E-state index in [9.17, 15) is 28.2 Å². The molecule has 8 nitrogen and oxygen atoms in total. The molecule has 0 radical (unpaired) electrons. The number of carboxylic acid groups (broad SMARTS) is 1. The fourth-order valence-electron chi connectivity index (χ4n) is 6.03. The Morgan fingerprint density at radius 1 is 1.09 bits per heavy atom. The minimum atomic E-state index is -1.54. The number of nitrogens with zero attached hydrogens (tertiary/aromatic N) is 3. The van der Waals surface area contributed by atoms with Crippen molar-refractivity contribution in [1.29, 1.82) is 0 Å². The molecule has 44 heavy (non-hydrogen) atoms. The summed E-state index contributed by atoms with van der Waals surface area (Å²) < 4.78 is 51.1. The van der Waals surface area contributed by atoms with E-state index in [-0.39, 0.29) is 24.9 Å². The van der Waals surface area contributed by atoms with Crippen LogP contribution in [0.1, 0.15) is 48.5 Å². The molecular weight excluding hydrogens is 575 g/mol. The topological polar surface area (TPSA) is 95.4 Å². The first-order valence-electron chi connectivity index (χ1n) is 14.7. The molecule has 0 saturated carbocycles. The van der Waals surface area contributed by atoms with Gasteiger partial charge in [-0.2, -0.15) is 0 Å². The average Bonchev–Trinajstić information content (AvgIpc) is 3.03. The Labute approximate surface area is 254 Å². The predicted octanol–water partition coefficient (Wildman–Crippen LogP) is 4.53. The summed E-state index contributed by atoms with van der Waals surface area (Å²) in [5.74, 6) is 1.10. The van der Waals surface area contributed by atoms with Gasteiger partial charge in [0.1, 0.15) is 5.75 Å². The van der Waals surface area contributed by atoms with Gasteiger partial charge < -0.3 is 19.7 Å². The lowest BCUT2D eigenvalue weighted by atomic mass is 9.73. The second kappa shape index (κ2) is 13.9. The van der Waals surface area contributed by atoms with E-state index < -0.39 is 34.9 Å². The van der Waals surface area contributed by atoms with Crippen molar-refractivity contribution in [3.63, 3.8) is 0 Å². The van der Waals surface area contributed by atoms with E-state index in [1.165, 1.54) is 0 Å². The normalized spacial score (nSPS) is 18.0. The van der Waals surface area contributed by atoms with Gasteiger partial charge in [-0.1, -0.05) is 11.8 Å². The van der Waals surface area contributed by atoms with Crippen LogP contribution in [0, 0.1) is 34.7 Å². The van der Waals surface area contributed by atoms with Gasteiger partial charge in [0.05, 0.1) is 43.9 Å². The molecule has 2 fully saturated rings. The van der Waals surface area contributed by atoms with E-state index in [1.54, 1.807) is 13.3 Å². The van der Waals surface area contributed by atoms with Crippen LogP contribution in [0.15, 0.2) is 36.5 Å². The van der Waals surface area contributed by atoms with Gasteiger partial charge in [0.15, 0.2) is 17.5 Å². The molecule has 2 aliphatic heterocycles. The number of methoxy groups -OCH3 is 1. The second-order valence-corrected chi connectivity index (χ2v) is 11.4. The van der Waals surface area contributed by atoms with Crippen LogP contribution in [-0.2, 0) is 16.1 Å². The van der Waals surface area contributed by atoms with Gasteiger partial charge in [0.2, 0.25) is 0 Å². The van der Waals surface area contributed by atoms with Crippen LogP contribution in [0.5, 0.6) is 5.75 Å². The summed E-state index contributed by atoms with van der Waals surface area (Å²) in [6.45, 7) is 4.60. The molecule has 234 valence electrons. The molecule has 5 rings (SSSR count). The number of carbonyl (C=O) groups is 1. The Morgan fingerprint density at radius 3 is 2.45 bits per heavy atom. The number of hydrogen-bond acceptors (Lipinski definition) is 7. The Balaban J connectivity index is 1.28. The number of rotatable bonds is 9. The Kier molecular flexibility index (Phi) is 10.1. The summed E-state index contributed by atoms with van der Waals surface area (Å²) in [6, 6.07) is 7.23. The van der Waals surface area contributed by atoms with Crippen LogP contribution in [0.25, 0.3) is 10.9 Å². The van der Waals surface area contributed by atoms with Crippen LogP contribution in [0.3, 0.4) is 0 Å². The number of halogens is 3. The summed E-state index contributed by atoms with van der Waals surface area (Å²) in [6.07, 6.45) is 2.14. The van der Waals surface area contributed by atoms with Crippen LogP contribution in [-0.4, -0.2) is 84.0 Å². The molecule has 3 heterocycles. The first-order chi connectivity index (χ1) is 21.2. The number of pyridine rings is 1. The molecule has 0 bridgehead atoms. The molecule has 3 aromatic rings. The number of aliphatic hydroxyl groups is 1. The highest BCUT2D eigenvalue weighted by molar-refractivity contribution is 5.85. The maximum absolute atomic E-state index is 13.5.